The lowest BCUT2D eigenvalue weighted by Gasteiger charge is -2.02. The fourth-order valence-electron chi connectivity index (χ4n) is 0.468. The molecule has 0 aromatic carbocycles. The van der Waals surface area contributed by atoms with Crippen LogP contribution in [0.4, 0.5) is 0 Å². The molecule has 0 saturated heterocycles. The van der Waals surface area contributed by atoms with Crippen molar-refractivity contribution < 1.29 is 14.3 Å². The first-order chi connectivity index (χ1) is 5.24. The van der Waals surface area contributed by atoms with E-state index in [4.69, 9.17) is 16.5 Å². The van der Waals surface area contributed by atoms with E-state index in [1.54, 1.807) is 6.92 Å². The van der Waals surface area contributed by atoms with Gasteiger partial charge in [0, 0.05) is 11.8 Å². The number of carbonyl (C=O) groups excluding carboxylic acids is 1. The molecule has 11 heavy (non-hydrogen) atoms. The van der Waals surface area contributed by atoms with Gasteiger partial charge in [-0.1, -0.05) is 0 Å². The van der Waals surface area contributed by atoms with Crippen molar-refractivity contribution in [2.24, 2.45) is 4.51 Å². The molecule has 0 heterocycles. The summed E-state index contributed by atoms with van der Waals surface area (Å²) in [5.41, 5.74) is 0. The summed E-state index contributed by atoms with van der Waals surface area (Å²) in [5.74, 6) is -0.237. The van der Waals surface area contributed by atoms with Crippen molar-refractivity contribution in [2.45, 2.75) is 13.3 Å². The number of hydrogen-bond donors (Lipinski definition) is 0. The standard InChI is InChI=1S/C6H10ClNO3/c1-3-11-5(8-7)4-6(9)10-2/h3-4H2,1-2H3/b8-5-. The molecule has 0 aromatic rings. The van der Waals surface area contributed by atoms with Crippen LogP contribution in [0.3, 0.4) is 0 Å². The van der Waals surface area contributed by atoms with Crippen LogP contribution in [-0.2, 0) is 14.3 Å². The zero-order valence-corrected chi connectivity index (χ0v) is 7.22. The molecule has 0 atom stereocenters. The van der Waals surface area contributed by atoms with E-state index in [1.165, 1.54) is 7.11 Å². The molecule has 0 aliphatic carbocycles. The topological polar surface area (TPSA) is 47.9 Å². The molecule has 0 spiro atoms. The summed E-state index contributed by atoms with van der Waals surface area (Å²) in [5, 5.41) is 0. The van der Waals surface area contributed by atoms with Crippen LogP contribution in [0.25, 0.3) is 0 Å². The van der Waals surface area contributed by atoms with Crippen molar-refractivity contribution in [1.82, 2.24) is 0 Å². The van der Waals surface area contributed by atoms with Crippen LogP contribution in [0.15, 0.2) is 4.51 Å². The Labute approximate surface area is 70.3 Å². The molecule has 0 aromatic heterocycles. The number of esters is 1. The second kappa shape index (κ2) is 5.97. The molecule has 0 aliphatic rings. The third-order valence-electron chi connectivity index (χ3n) is 0.928. The van der Waals surface area contributed by atoms with Gasteiger partial charge in [-0.2, -0.15) is 0 Å². The summed E-state index contributed by atoms with van der Waals surface area (Å²) in [6, 6.07) is 0. The maximum atomic E-state index is 10.6. The fraction of sp³-hybridized carbons (Fsp3) is 0.667. The minimum absolute atomic E-state index is 0.0200. The normalized spacial score (nSPS) is 11.0. The van der Waals surface area contributed by atoms with E-state index in [-0.39, 0.29) is 12.3 Å². The third-order valence-corrected chi connectivity index (χ3v) is 1.12. The minimum Gasteiger partial charge on any atom is -0.480 e. The molecule has 0 aliphatic heterocycles. The molecule has 0 rings (SSSR count). The van der Waals surface area contributed by atoms with Gasteiger partial charge in [-0.05, 0) is 6.92 Å². The van der Waals surface area contributed by atoms with Crippen LogP contribution >= 0.6 is 11.8 Å². The molecule has 0 amide bonds. The summed E-state index contributed by atoms with van der Waals surface area (Å²) in [7, 11) is 1.29. The van der Waals surface area contributed by atoms with Crippen LogP contribution in [0.2, 0.25) is 0 Å². The molecule has 0 radical (unpaired) electrons. The number of hydrogen-bond acceptors (Lipinski definition) is 4. The molecule has 4 nitrogen and oxygen atoms in total. The van der Waals surface area contributed by atoms with Gasteiger partial charge in [-0.25, -0.2) is 0 Å². The van der Waals surface area contributed by atoms with Gasteiger partial charge in [-0.15, -0.1) is 4.51 Å². The first-order valence-electron chi connectivity index (χ1n) is 3.12. The van der Waals surface area contributed by atoms with E-state index in [2.05, 4.69) is 9.25 Å². The summed E-state index contributed by atoms with van der Waals surface area (Å²) in [6.45, 7) is 2.21. The molecule has 0 unspecified atom stereocenters. The number of carbonyl (C=O) groups is 1. The Morgan fingerprint density at radius 3 is 2.64 bits per heavy atom. The van der Waals surface area contributed by atoms with Crippen LogP contribution in [0.5, 0.6) is 0 Å². The highest BCUT2D eigenvalue weighted by Gasteiger charge is 2.07. The van der Waals surface area contributed by atoms with Gasteiger partial charge >= 0.3 is 5.97 Å². The highest BCUT2D eigenvalue weighted by molar-refractivity contribution is 6.20. The molecule has 0 bridgehead atoms. The summed E-state index contributed by atoms with van der Waals surface area (Å²) in [4.78, 5) is 10.6. The van der Waals surface area contributed by atoms with Crippen molar-refractivity contribution in [1.29, 1.82) is 0 Å². The zero-order chi connectivity index (χ0) is 8.69. The van der Waals surface area contributed by atoms with Gasteiger partial charge < -0.3 is 9.47 Å². The number of halogens is 1. The van der Waals surface area contributed by atoms with E-state index in [9.17, 15) is 4.79 Å². The maximum absolute atomic E-state index is 10.6. The average molecular weight is 180 g/mol. The van der Waals surface area contributed by atoms with Gasteiger partial charge in [0.2, 0.25) is 5.90 Å². The Morgan fingerprint density at radius 1 is 1.64 bits per heavy atom. The van der Waals surface area contributed by atoms with Gasteiger partial charge in [-0.3, -0.25) is 4.79 Å². The molecule has 5 heteroatoms. The van der Waals surface area contributed by atoms with Gasteiger partial charge in [0.25, 0.3) is 0 Å². The van der Waals surface area contributed by atoms with Gasteiger partial charge in [0.15, 0.2) is 0 Å². The fourth-order valence-corrected chi connectivity index (χ4v) is 0.576. The largest absolute Gasteiger partial charge is 0.480 e. The Morgan fingerprint density at radius 2 is 2.27 bits per heavy atom. The Bertz CT molecular complexity index is 158. The Balaban J connectivity index is 3.79. The Hall–Kier alpha value is -0.770. The molecule has 0 fully saturated rings. The highest BCUT2D eigenvalue weighted by atomic mass is 35.5. The van der Waals surface area contributed by atoms with E-state index in [1.807, 2.05) is 0 Å². The molecule has 0 N–H and O–H groups in total. The predicted molar refractivity (Wildman–Crippen MR) is 41.5 cm³/mol. The lowest BCUT2D eigenvalue weighted by Crippen LogP contribution is -2.11. The van der Waals surface area contributed by atoms with Crippen molar-refractivity contribution in [3.05, 3.63) is 0 Å². The Kier molecular flexibility index (Phi) is 5.56. The first kappa shape index (κ1) is 10.2. The van der Waals surface area contributed by atoms with Crippen LogP contribution in [-0.4, -0.2) is 25.6 Å². The van der Waals surface area contributed by atoms with Crippen molar-refractivity contribution in [2.75, 3.05) is 13.7 Å². The second-order valence-corrected chi connectivity index (χ2v) is 1.83. The van der Waals surface area contributed by atoms with E-state index >= 15 is 0 Å². The maximum Gasteiger partial charge on any atom is 0.314 e. The summed E-state index contributed by atoms with van der Waals surface area (Å²) in [6.07, 6.45) is -0.0200. The van der Waals surface area contributed by atoms with Gasteiger partial charge in [0.05, 0.1) is 13.7 Å². The molecular formula is C6H10ClNO3. The van der Waals surface area contributed by atoms with Crippen LogP contribution in [0, 0.1) is 0 Å². The number of rotatable bonds is 3. The van der Waals surface area contributed by atoms with E-state index in [0.717, 1.165) is 0 Å². The zero-order valence-electron chi connectivity index (χ0n) is 6.46. The molecular weight excluding hydrogens is 170 g/mol. The molecule has 64 valence electrons. The van der Waals surface area contributed by atoms with Crippen LogP contribution < -0.4 is 0 Å². The monoisotopic (exact) mass is 179 g/mol. The van der Waals surface area contributed by atoms with Crippen molar-refractivity contribution >= 4 is 23.6 Å². The molecule has 0 saturated carbocycles. The highest BCUT2D eigenvalue weighted by Crippen LogP contribution is 1.94. The lowest BCUT2D eigenvalue weighted by atomic mass is 10.4. The minimum atomic E-state index is -0.419. The lowest BCUT2D eigenvalue weighted by molar-refractivity contribution is -0.139. The predicted octanol–water partition coefficient (Wildman–Crippen LogP) is 1.14. The SMILES string of the molecule is CCO/C(CC(=O)OC)=N\Cl. The number of nitrogens with zero attached hydrogens (tertiary/aromatic N) is 1. The summed E-state index contributed by atoms with van der Waals surface area (Å²) >= 11 is 5.10. The van der Waals surface area contributed by atoms with Crippen LogP contribution in [0.1, 0.15) is 13.3 Å². The van der Waals surface area contributed by atoms with Gasteiger partial charge in [0.1, 0.15) is 6.42 Å². The average Bonchev–Trinajstić information content (AvgIpc) is 2.03. The number of ether oxygens (including phenoxy) is 2. The van der Waals surface area contributed by atoms with Crippen molar-refractivity contribution in [3.8, 4) is 0 Å². The second-order valence-electron chi connectivity index (χ2n) is 1.66. The quantitative estimate of drug-likeness (QED) is 0.371. The van der Waals surface area contributed by atoms with E-state index < -0.39 is 5.97 Å². The first-order valence-corrected chi connectivity index (χ1v) is 3.45. The smallest absolute Gasteiger partial charge is 0.314 e. The summed E-state index contributed by atoms with van der Waals surface area (Å²) < 4.78 is 12.5. The number of methoxy groups -OCH3 is 1. The van der Waals surface area contributed by atoms with Crippen molar-refractivity contribution in [3.63, 3.8) is 0 Å². The van der Waals surface area contributed by atoms with E-state index in [0.29, 0.717) is 6.61 Å². The third kappa shape index (κ3) is 4.61.